The van der Waals surface area contributed by atoms with Gasteiger partial charge in [-0.05, 0) is 48.7 Å². The Kier molecular flexibility index (Phi) is 6.80. The van der Waals surface area contributed by atoms with Crippen molar-refractivity contribution < 1.29 is 14.3 Å². The molecule has 0 bridgehead atoms. The molecule has 5 rings (SSSR count). The Balaban J connectivity index is 1.23. The zero-order valence-electron chi connectivity index (χ0n) is 20.1. The number of benzene rings is 3. The third-order valence-corrected chi connectivity index (χ3v) is 6.45. The van der Waals surface area contributed by atoms with Gasteiger partial charge in [-0.25, -0.2) is 0 Å². The molecule has 182 valence electrons. The van der Waals surface area contributed by atoms with Crippen molar-refractivity contribution in [2.45, 2.75) is 19.8 Å². The van der Waals surface area contributed by atoms with E-state index in [9.17, 15) is 9.59 Å². The van der Waals surface area contributed by atoms with E-state index in [-0.39, 0.29) is 17.7 Å². The van der Waals surface area contributed by atoms with Gasteiger partial charge in [-0.1, -0.05) is 42.5 Å². The van der Waals surface area contributed by atoms with Crippen molar-refractivity contribution in [2.75, 3.05) is 18.4 Å². The number of likely N-dealkylation sites (tertiary alicyclic amines) is 1. The highest BCUT2D eigenvalue weighted by atomic mass is 16.5. The number of nitrogens with zero attached hydrogens (tertiary/aromatic N) is 2. The van der Waals surface area contributed by atoms with Gasteiger partial charge >= 0.3 is 0 Å². The molecule has 0 saturated carbocycles. The average molecular weight is 481 g/mol. The molecule has 1 fully saturated rings. The SMILES string of the molecule is CC(=O)N1CCC(C(=O)Nc2cccc(Oc3ccc4c(/C=C/c5ccccc5)n[nH]c4c3)c2)CC1. The van der Waals surface area contributed by atoms with Crippen LogP contribution in [0.5, 0.6) is 11.5 Å². The van der Waals surface area contributed by atoms with Crippen LogP contribution in [0.2, 0.25) is 0 Å². The molecule has 7 heteroatoms. The number of anilines is 1. The van der Waals surface area contributed by atoms with Gasteiger partial charge in [-0.2, -0.15) is 5.10 Å². The molecule has 0 aliphatic carbocycles. The van der Waals surface area contributed by atoms with Crippen LogP contribution in [0.1, 0.15) is 31.0 Å². The van der Waals surface area contributed by atoms with Gasteiger partial charge in [0.15, 0.2) is 0 Å². The number of piperidine rings is 1. The fourth-order valence-corrected chi connectivity index (χ4v) is 4.42. The molecule has 2 N–H and O–H groups in total. The summed E-state index contributed by atoms with van der Waals surface area (Å²) in [5.41, 5.74) is 3.53. The summed E-state index contributed by atoms with van der Waals surface area (Å²) in [7, 11) is 0. The minimum atomic E-state index is -0.0990. The quantitative estimate of drug-likeness (QED) is 0.369. The molecule has 0 unspecified atom stereocenters. The Morgan fingerprint density at radius 2 is 1.75 bits per heavy atom. The number of hydrogen-bond donors (Lipinski definition) is 2. The van der Waals surface area contributed by atoms with Crippen LogP contribution in [-0.2, 0) is 9.59 Å². The third kappa shape index (κ3) is 5.46. The van der Waals surface area contributed by atoms with Crippen molar-refractivity contribution in [3.63, 3.8) is 0 Å². The van der Waals surface area contributed by atoms with Crippen LogP contribution in [0.3, 0.4) is 0 Å². The standard InChI is InChI=1S/C29H28N4O3/c1-20(34)33-16-14-22(15-17-33)29(35)30-23-8-5-9-24(18-23)36-25-11-12-26-27(31-32-28(26)19-25)13-10-21-6-3-2-4-7-21/h2-13,18-19,22H,14-17H2,1H3,(H,30,35)(H,31,32)/b13-10+. The van der Waals surface area contributed by atoms with Crippen LogP contribution in [0.25, 0.3) is 23.1 Å². The summed E-state index contributed by atoms with van der Waals surface area (Å²) in [4.78, 5) is 26.0. The number of carbonyl (C=O) groups is 2. The van der Waals surface area contributed by atoms with Crippen molar-refractivity contribution in [3.8, 4) is 11.5 Å². The fraction of sp³-hybridized carbons (Fsp3) is 0.207. The Bertz CT molecular complexity index is 1400. The van der Waals surface area contributed by atoms with E-state index in [2.05, 4.69) is 15.5 Å². The van der Waals surface area contributed by atoms with Gasteiger partial charge in [-0.15, -0.1) is 0 Å². The van der Waals surface area contributed by atoms with Crippen molar-refractivity contribution in [2.24, 2.45) is 5.92 Å². The monoisotopic (exact) mass is 480 g/mol. The summed E-state index contributed by atoms with van der Waals surface area (Å²) in [5.74, 6) is 1.24. The average Bonchev–Trinajstić information content (AvgIpc) is 3.30. The van der Waals surface area contributed by atoms with Gasteiger partial charge in [-0.3, -0.25) is 14.7 Å². The molecule has 3 aromatic carbocycles. The number of carbonyl (C=O) groups excluding carboxylic acids is 2. The van der Waals surface area contributed by atoms with E-state index in [4.69, 9.17) is 4.74 Å². The predicted octanol–water partition coefficient (Wildman–Crippen LogP) is 5.72. The normalized spacial score (nSPS) is 14.3. The topological polar surface area (TPSA) is 87.3 Å². The summed E-state index contributed by atoms with van der Waals surface area (Å²) in [6, 6.07) is 23.3. The first-order valence-electron chi connectivity index (χ1n) is 12.1. The Morgan fingerprint density at radius 1 is 0.972 bits per heavy atom. The maximum absolute atomic E-state index is 12.7. The maximum atomic E-state index is 12.7. The second kappa shape index (κ2) is 10.5. The molecule has 4 aromatic rings. The van der Waals surface area contributed by atoms with Crippen LogP contribution < -0.4 is 10.1 Å². The lowest BCUT2D eigenvalue weighted by Gasteiger charge is -2.30. The van der Waals surface area contributed by atoms with E-state index in [1.165, 1.54) is 0 Å². The summed E-state index contributed by atoms with van der Waals surface area (Å²) in [6.07, 6.45) is 5.37. The van der Waals surface area contributed by atoms with Crippen molar-refractivity contribution >= 4 is 40.6 Å². The molecule has 36 heavy (non-hydrogen) atoms. The van der Waals surface area contributed by atoms with Gasteiger partial charge in [0.2, 0.25) is 11.8 Å². The highest BCUT2D eigenvalue weighted by Crippen LogP contribution is 2.29. The van der Waals surface area contributed by atoms with Gasteiger partial charge in [0.1, 0.15) is 11.5 Å². The van der Waals surface area contributed by atoms with E-state index in [1.807, 2.05) is 84.9 Å². The highest BCUT2D eigenvalue weighted by molar-refractivity contribution is 5.93. The van der Waals surface area contributed by atoms with Crippen molar-refractivity contribution in [3.05, 3.63) is 84.1 Å². The first kappa shape index (κ1) is 23.4. The number of hydrogen-bond acceptors (Lipinski definition) is 4. The van der Waals surface area contributed by atoms with E-state index in [0.717, 1.165) is 22.2 Å². The number of amides is 2. The first-order chi connectivity index (χ1) is 17.5. The van der Waals surface area contributed by atoms with Crippen LogP contribution in [0.15, 0.2) is 72.8 Å². The van der Waals surface area contributed by atoms with Crippen LogP contribution in [-0.4, -0.2) is 40.0 Å². The zero-order valence-corrected chi connectivity index (χ0v) is 20.1. The first-order valence-corrected chi connectivity index (χ1v) is 12.1. The van der Waals surface area contributed by atoms with Crippen LogP contribution >= 0.6 is 0 Å². The number of aromatic nitrogens is 2. The zero-order chi connectivity index (χ0) is 24.9. The summed E-state index contributed by atoms with van der Waals surface area (Å²) in [5, 5.41) is 11.5. The van der Waals surface area contributed by atoms with Crippen LogP contribution in [0.4, 0.5) is 5.69 Å². The summed E-state index contributed by atoms with van der Waals surface area (Å²) in [6.45, 7) is 2.81. The molecule has 0 radical (unpaired) electrons. The number of fused-ring (bicyclic) bond motifs is 1. The molecule has 2 heterocycles. The molecule has 0 spiro atoms. The summed E-state index contributed by atoms with van der Waals surface area (Å²) < 4.78 is 6.07. The van der Waals surface area contributed by atoms with E-state index in [1.54, 1.807) is 11.8 Å². The smallest absolute Gasteiger partial charge is 0.227 e. The lowest BCUT2D eigenvalue weighted by Crippen LogP contribution is -2.40. The molecule has 7 nitrogen and oxygen atoms in total. The number of ether oxygens (including phenoxy) is 1. The lowest BCUT2D eigenvalue weighted by atomic mass is 9.96. The molecule has 0 atom stereocenters. The van der Waals surface area contributed by atoms with Crippen LogP contribution in [0, 0.1) is 5.92 Å². The molecule has 1 aliphatic heterocycles. The number of aromatic amines is 1. The Hall–Kier alpha value is -4.39. The third-order valence-electron chi connectivity index (χ3n) is 6.45. The van der Waals surface area contributed by atoms with Crippen molar-refractivity contribution in [1.29, 1.82) is 0 Å². The molecule has 1 aromatic heterocycles. The number of H-pyrrole nitrogens is 1. The minimum absolute atomic E-state index is 0.0229. The molecular formula is C29H28N4O3. The highest BCUT2D eigenvalue weighted by Gasteiger charge is 2.26. The summed E-state index contributed by atoms with van der Waals surface area (Å²) >= 11 is 0. The predicted molar refractivity (Wildman–Crippen MR) is 142 cm³/mol. The fourth-order valence-electron chi connectivity index (χ4n) is 4.42. The van der Waals surface area contributed by atoms with Gasteiger partial charge in [0.25, 0.3) is 0 Å². The maximum Gasteiger partial charge on any atom is 0.227 e. The number of nitrogens with one attached hydrogen (secondary N) is 2. The Labute approximate surface area is 209 Å². The van der Waals surface area contributed by atoms with E-state index >= 15 is 0 Å². The van der Waals surface area contributed by atoms with Gasteiger partial charge < -0.3 is 15.0 Å². The molecule has 1 aliphatic rings. The largest absolute Gasteiger partial charge is 0.457 e. The second-order valence-electron chi connectivity index (χ2n) is 8.96. The molecule has 1 saturated heterocycles. The lowest BCUT2D eigenvalue weighted by molar-refractivity contribution is -0.132. The van der Waals surface area contributed by atoms with Gasteiger partial charge in [0, 0.05) is 49.1 Å². The van der Waals surface area contributed by atoms with E-state index < -0.39 is 0 Å². The van der Waals surface area contributed by atoms with Gasteiger partial charge in [0.05, 0.1) is 11.2 Å². The van der Waals surface area contributed by atoms with Crippen molar-refractivity contribution in [1.82, 2.24) is 15.1 Å². The number of rotatable bonds is 6. The Morgan fingerprint density at radius 3 is 2.53 bits per heavy atom. The minimum Gasteiger partial charge on any atom is -0.457 e. The molecule has 2 amide bonds. The second-order valence-corrected chi connectivity index (χ2v) is 8.96. The molecular weight excluding hydrogens is 452 g/mol. The van der Waals surface area contributed by atoms with E-state index in [0.29, 0.717) is 43.1 Å².